The van der Waals surface area contributed by atoms with Crippen molar-refractivity contribution in [1.29, 1.82) is 5.26 Å². The third kappa shape index (κ3) is 5.28. The molecule has 9 nitrogen and oxygen atoms in total. The molecule has 0 bridgehead atoms. The van der Waals surface area contributed by atoms with Crippen LogP contribution < -0.4 is 10.3 Å². The number of carbonyl (C=O) groups is 1. The first-order valence-corrected chi connectivity index (χ1v) is 10.9. The van der Waals surface area contributed by atoms with Crippen LogP contribution in [-0.2, 0) is 18.4 Å². The smallest absolute Gasteiger partial charge is 0.475 e. The number of hydrogen-bond acceptors (Lipinski definition) is 5. The summed E-state index contributed by atoms with van der Waals surface area (Å²) in [5.41, 5.74) is 2.34. The number of hydrogen-bond donors (Lipinski definition) is 2. The fourth-order valence-electron chi connectivity index (χ4n) is 3.77. The van der Waals surface area contributed by atoms with E-state index in [0.717, 1.165) is 17.6 Å². The van der Waals surface area contributed by atoms with Gasteiger partial charge in [0.15, 0.2) is 17.3 Å². The molecule has 0 aliphatic carbocycles. The van der Waals surface area contributed by atoms with E-state index in [1.807, 2.05) is 19.2 Å². The molecule has 3 heterocycles. The van der Waals surface area contributed by atoms with Crippen molar-refractivity contribution in [3.8, 4) is 28.7 Å². The summed E-state index contributed by atoms with van der Waals surface area (Å²) in [7, 11) is 1.81. The highest BCUT2D eigenvalue weighted by molar-refractivity contribution is 6.00. The number of H-pyrrole nitrogens is 1. The van der Waals surface area contributed by atoms with Crippen molar-refractivity contribution in [2.24, 2.45) is 7.05 Å². The number of halogens is 5. The number of nitrogens with one attached hydrogen (secondary N) is 1. The van der Waals surface area contributed by atoms with Crippen molar-refractivity contribution in [2.75, 3.05) is 0 Å². The molecule has 2 N–H and O–H groups in total. The molecule has 3 aromatic heterocycles. The number of carboxylic acid groups (broad SMARTS) is 1. The van der Waals surface area contributed by atoms with Gasteiger partial charge in [-0.3, -0.25) is 9.36 Å². The SMILES string of the molecule is Cn1cnc2c(Oc3ccc(F)cc3F)c(-c3cn(CC#N)c(=O)c4[nH]ccc34)ccc21.O=C(O)C(F)(F)F. The first-order valence-electron chi connectivity index (χ1n) is 10.9. The number of ether oxygens (including phenoxy) is 1. The van der Waals surface area contributed by atoms with Crippen LogP contribution >= 0.6 is 0 Å². The van der Waals surface area contributed by atoms with E-state index in [9.17, 15) is 26.7 Å². The van der Waals surface area contributed by atoms with Gasteiger partial charge < -0.3 is 19.4 Å². The summed E-state index contributed by atoms with van der Waals surface area (Å²) in [6, 6.07) is 10.4. The molecule has 5 rings (SSSR count). The molecule has 0 saturated carbocycles. The number of nitrogens with zero attached hydrogens (tertiary/aromatic N) is 4. The zero-order valence-electron chi connectivity index (χ0n) is 19.8. The van der Waals surface area contributed by atoms with Gasteiger partial charge in [-0.1, -0.05) is 0 Å². The first kappa shape index (κ1) is 26.9. The largest absolute Gasteiger partial charge is 0.490 e. The van der Waals surface area contributed by atoms with Crippen molar-refractivity contribution < 1.29 is 36.6 Å². The Kier molecular flexibility index (Phi) is 7.09. The molecule has 2 aromatic carbocycles. The molecule has 0 saturated heterocycles. The standard InChI is InChI=1S/C23H15F2N5O2.C2HF3O2/c1-29-12-28-21-18(29)4-3-15(22(21)32-19-5-2-13(24)10-17(19)25)16-11-30(9-7-26)23(31)20-14(16)6-8-27-20;3-2(4,5)1(6)7/h2-6,8,10-12,27H,9H2,1H3;(H,6,7). The van der Waals surface area contributed by atoms with Crippen molar-refractivity contribution in [1.82, 2.24) is 19.1 Å². The number of aromatic nitrogens is 4. The average molecular weight is 545 g/mol. The maximum Gasteiger partial charge on any atom is 0.490 e. The maximum atomic E-state index is 14.4. The molecule has 200 valence electrons. The Balaban J connectivity index is 0.000000448. The Bertz CT molecular complexity index is 1810. The van der Waals surface area contributed by atoms with Crippen molar-refractivity contribution in [3.63, 3.8) is 0 Å². The van der Waals surface area contributed by atoms with Crippen LogP contribution in [0.4, 0.5) is 22.0 Å². The average Bonchev–Trinajstić information content (AvgIpc) is 3.51. The highest BCUT2D eigenvalue weighted by Crippen LogP contribution is 2.41. The molecule has 14 heteroatoms. The van der Waals surface area contributed by atoms with Gasteiger partial charge in [0.1, 0.15) is 23.4 Å². The van der Waals surface area contributed by atoms with Crippen LogP contribution in [0.5, 0.6) is 11.5 Å². The minimum Gasteiger partial charge on any atom is -0.475 e. The van der Waals surface area contributed by atoms with Crippen LogP contribution in [0.15, 0.2) is 59.9 Å². The summed E-state index contributed by atoms with van der Waals surface area (Å²) in [6.07, 6.45) is -0.281. The minimum atomic E-state index is -5.08. The predicted molar refractivity (Wildman–Crippen MR) is 128 cm³/mol. The summed E-state index contributed by atoms with van der Waals surface area (Å²) >= 11 is 0. The van der Waals surface area contributed by atoms with Gasteiger partial charge in [-0.25, -0.2) is 18.6 Å². The Hall–Kier alpha value is -5.19. The number of aryl methyl sites for hydroxylation is 1. The lowest BCUT2D eigenvalue weighted by Gasteiger charge is -2.15. The number of carboxylic acids is 1. The monoisotopic (exact) mass is 545 g/mol. The third-order valence-corrected chi connectivity index (χ3v) is 5.53. The van der Waals surface area contributed by atoms with Gasteiger partial charge in [0, 0.05) is 42.0 Å². The second-order valence-corrected chi connectivity index (χ2v) is 8.05. The number of nitriles is 1. The summed E-state index contributed by atoms with van der Waals surface area (Å²) in [5, 5.41) is 16.9. The maximum absolute atomic E-state index is 14.4. The van der Waals surface area contributed by atoms with E-state index >= 15 is 0 Å². The molecule has 0 fully saturated rings. The van der Waals surface area contributed by atoms with E-state index in [-0.39, 0.29) is 23.6 Å². The van der Waals surface area contributed by atoms with Crippen LogP contribution in [0.2, 0.25) is 0 Å². The number of aliphatic carboxylic acids is 1. The molecule has 0 unspecified atom stereocenters. The number of rotatable bonds is 4. The van der Waals surface area contributed by atoms with E-state index in [1.54, 1.807) is 35.4 Å². The van der Waals surface area contributed by atoms with Gasteiger partial charge in [-0.15, -0.1) is 0 Å². The van der Waals surface area contributed by atoms with Crippen molar-refractivity contribution in [3.05, 3.63) is 77.1 Å². The normalized spacial score (nSPS) is 11.2. The zero-order chi connectivity index (χ0) is 28.5. The summed E-state index contributed by atoms with van der Waals surface area (Å²) in [5.74, 6) is -4.25. The van der Waals surface area contributed by atoms with Gasteiger partial charge in [0.2, 0.25) is 0 Å². The van der Waals surface area contributed by atoms with Gasteiger partial charge in [-0.05, 0) is 30.3 Å². The number of imidazole rings is 1. The van der Waals surface area contributed by atoms with Crippen LogP contribution in [0, 0.1) is 23.0 Å². The molecular weight excluding hydrogens is 529 g/mol. The lowest BCUT2D eigenvalue weighted by Crippen LogP contribution is -2.21. The van der Waals surface area contributed by atoms with E-state index in [1.165, 1.54) is 10.6 Å². The second kappa shape index (κ2) is 10.3. The number of fused-ring (bicyclic) bond motifs is 2. The van der Waals surface area contributed by atoms with Crippen molar-refractivity contribution >= 4 is 27.9 Å². The lowest BCUT2D eigenvalue weighted by molar-refractivity contribution is -0.192. The topological polar surface area (TPSA) is 126 Å². The Morgan fingerprint density at radius 3 is 2.54 bits per heavy atom. The highest BCUT2D eigenvalue weighted by atomic mass is 19.4. The Morgan fingerprint density at radius 1 is 1.18 bits per heavy atom. The van der Waals surface area contributed by atoms with Gasteiger partial charge in [0.05, 0.1) is 17.9 Å². The van der Waals surface area contributed by atoms with Crippen LogP contribution in [0.1, 0.15) is 0 Å². The molecule has 0 spiro atoms. The first-order chi connectivity index (χ1) is 18.4. The Labute approximate surface area is 214 Å². The second-order valence-electron chi connectivity index (χ2n) is 8.05. The van der Waals surface area contributed by atoms with Gasteiger partial charge in [-0.2, -0.15) is 18.4 Å². The van der Waals surface area contributed by atoms with E-state index in [0.29, 0.717) is 27.5 Å². The van der Waals surface area contributed by atoms with Crippen molar-refractivity contribution in [2.45, 2.75) is 12.7 Å². The fourth-order valence-corrected chi connectivity index (χ4v) is 3.77. The van der Waals surface area contributed by atoms with Gasteiger partial charge >= 0.3 is 12.1 Å². The Morgan fingerprint density at radius 2 is 1.90 bits per heavy atom. The summed E-state index contributed by atoms with van der Waals surface area (Å²) in [4.78, 5) is 28.9. The number of pyridine rings is 1. The number of aromatic amines is 1. The summed E-state index contributed by atoms with van der Waals surface area (Å²) < 4.78 is 68.6. The summed E-state index contributed by atoms with van der Waals surface area (Å²) in [6.45, 7) is -0.143. The third-order valence-electron chi connectivity index (χ3n) is 5.53. The van der Waals surface area contributed by atoms with Crippen LogP contribution in [0.25, 0.3) is 33.1 Å². The molecule has 0 aliphatic heterocycles. The number of benzene rings is 2. The molecule has 5 aromatic rings. The molecule has 0 amide bonds. The predicted octanol–water partition coefficient (Wildman–Crippen LogP) is 5.11. The molecule has 39 heavy (non-hydrogen) atoms. The van der Waals surface area contributed by atoms with E-state index in [2.05, 4.69) is 9.97 Å². The lowest BCUT2D eigenvalue weighted by atomic mass is 10.0. The zero-order valence-corrected chi connectivity index (χ0v) is 19.8. The molecule has 0 atom stereocenters. The minimum absolute atomic E-state index is 0.143. The molecule has 0 radical (unpaired) electrons. The molecule has 0 aliphatic rings. The molecular formula is C25H16F5N5O4. The number of alkyl halides is 3. The van der Waals surface area contributed by atoms with E-state index < -0.39 is 23.8 Å². The quantitative estimate of drug-likeness (QED) is 0.302. The van der Waals surface area contributed by atoms with E-state index in [4.69, 9.17) is 19.9 Å². The van der Waals surface area contributed by atoms with Crippen LogP contribution in [0.3, 0.4) is 0 Å². The fraction of sp³-hybridized carbons (Fsp3) is 0.120. The van der Waals surface area contributed by atoms with Crippen LogP contribution in [-0.4, -0.2) is 36.4 Å². The highest BCUT2D eigenvalue weighted by Gasteiger charge is 2.38. The van der Waals surface area contributed by atoms with Gasteiger partial charge in [0.25, 0.3) is 5.56 Å².